The zero-order valence-corrected chi connectivity index (χ0v) is 9.32. The quantitative estimate of drug-likeness (QED) is 0.705. The third-order valence-corrected chi connectivity index (χ3v) is 2.42. The van der Waals surface area contributed by atoms with E-state index in [-0.39, 0.29) is 6.10 Å². The molecular formula is C10H15N5O. The van der Waals surface area contributed by atoms with Crippen LogP contribution in [0.15, 0.2) is 12.1 Å². The molecule has 0 aliphatic carbocycles. The highest BCUT2D eigenvalue weighted by Crippen LogP contribution is 2.17. The van der Waals surface area contributed by atoms with Crippen molar-refractivity contribution in [1.29, 1.82) is 0 Å². The first kappa shape index (κ1) is 10.8. The lowest BCUT2D eigenvalue weighted by molar-refractivity contribution is 0.104. The van der Waals surface area contributed by atoms with Crippen LogP contribution in [0.3, 0.4) is 0 Å². The van der Waals surface area contributed by atoms with Crippen molar-refractivity contribution >= 4 is 17.0 Å². The van der Waals surface area contributed by atoms with Crippen molar-refractivity contribution < 1.29 is 4.74 Å². The molecule has 4 N–H and O–H groups in total. The normalized spacial score (nSPS) is 12.9. The van der Waals surface area contributed by atoms with E-state index in [1.165, 1.54) is 0 Å². The molecule has 1 atom stereocenters. The Morgan fingerprint density at radius 1 is 1.50 bits per heavy atom. The molecule has 0 radical (unpaired) electrons. The second-order valence-electron chi connectivity index (χ2n) is 3.40. The monoisotopic (exact) mass is 221 g/mol. The van der Waals surface area contributed by atoms with Crippen LogP contribution in [0.4, 0.5) is 5.82 Å². The number of ether oxygens (including phenoxy) is 1. The van der Waals surface area contributed by atoms with Crippen molar-refractivity contribution in [2.45, 2.75) is 6.10 Å². The zero-order valence-electron chi connectivity index (χ0n) is 9.32. The molecule has 0 aliphatic rings. The Labute approximate surface area is 93.2 Å². The first-order valence-corrected chi connectivity index (χ1v) is 5.05. The lowest BCUT2D eigenvalue weighted by Crippen LogP contribution is -2.15. The standard InChI is InChI=1S/C10H15N5O/c1-12-8-4-3-6-9(14-8)15-10(13-6)7(5-11)16-2/h3-4,7H,5,11H2,1-2H3,(H2,12,13,14,15). The number of hydrogen-bond donors (Lipinski definition) is 3. The van der Waals surface area contributed by atoms with Crippen LogP contribution in [0, 0.1) is 0 Å². The molecule has 0 saturated carbocycles. The van der Waals surface area contributed by atoms with Gasteiger partial charge >= 0.3 is 0 Å². The number of nitrogens with two attached hydrogens (primary N) is 1. The van der Waals surface area contributed by atoms with E-state index in [2.05, 4.69) is 20.3 Å². The lowest BCUT2D eigenvalue weighted by atomic mass is 10.3. The number of nitrogens with one attached hydrogen (secondary N) is 2. The highest BCUT2D eigenvalue weighted by atomic mass is 16.5. The Morgan fingerprint density at radius 3 is 2.94 bits per heavy atom. The van der Waals surface area contributed by atoms with E-state index >= 15 is 0 Å². The Morgan fingerprint density at radius 2 is 2.31 bits per heavy atom. The summed E-state index contributed by atoms with van der Waals surface area (Å²) in [6.45, 7) is 0.384. The largest absolute Gasteiger partial charge is 0.373 e. The summed E-state index contributed by atoms with van der Waals surface area (Å²) < 4.78 is 5.21. The highest BCUT2D eigenvalue weighted by Gasteiger charge is 2.13. The Kier molecular flexibility index (Phi) is 3.02. The number of pyridine rings is 1. The fraction of sp³-hybridized carbons (Fsp3) is 0.400. The van der Waals surface area contributed by atoms with Gasteiger partial charge in [0.05, 0.1) is 5.52 Å². The smallest absolute Gasteiger partial charge is 0.179 e. The maximum Gasteiger partial charge on any atom is 0.179 e. The minimum Gasteiger partial charge on any atom is -0.373 e. The average molecular weight is 221 g/mol. The molecule has 0 bridgehead atoms. The molecule has 2 rings (SSSR count). The number of imidazole rings is 1. The topological polar surface area (TPSA) is 88.9 Å². The Bertz CT molecular complexity index is 477. The summed E-state index contributed by atoms with van der Waals surface area (Å²) in [5.41, 5.74) is 7.12. The van der Waals surface area contributed by atoms with Gasteiger partial charge < -0.3 is 20.8 Å². The van der Waals surface area contributed by atoms with Gasteiger partial charge in [0.25, 0.3) is 0 Å². The molecule has 2 heterocycles. The van der Waals surface area contributed by atoms with Crippen LogP contribution in [0.2, 0.25) is 0 Å². The number of hydrogen-bond acceptors (Lipinski definition) is 5. The summed E-state index contributed by atoms with van der Waals surface area (Å²) in [5, 5.41) is 2.96. The zero-order chi connectivity index (χ0) is 11.5. The maximum atomic E-state index is 5.58. The second kappa shape index (κ2) is 4.46. The minimum atomic E-state index is -0.216. The van der Waals surface area contributed by atoms with Gasteiger partial charge in [-0.15, -0.1) is 0 Å². The molecule has 0 aromatic carbocycles. The second-order valence-corrected chi connectivity index (χ2v) is 3.40. The first-order valence-electron chi connectivity index (χ1n) is 5.05. The van der Waals surface area contributed by atoms with Crippen LogP contribution in [0.5, 0.6) is 0 Å². The number of methoxy groups -OCH3 is 1. The molecule has 16 heavy (non-hydrogen) atoms. The Hall–Kier alpha value is -1.66. The summed E-state index contributed by atoms with van der Waals surface area (Å²) in [6, 6.07) is 3.81. The molecule has 6 heteroatoms. The van der Waals surface area contributed by atoms with E-state index in [0.717, 1.165) is 11.3 Å². The van der Waals surface area contributed by atoms with Crippen LogP contribution < -0.4 is 11.1 Å². The van der Waals surface area contributed by atoms with Crippen molar-refractivity contribution in [3.05, 3.63) is 18.0 Å². The van der Waals surface area contributed by atoms with Gasteiger partial charge in [-0.25, -0.2) is 9.97 Å². The van der Waals surface area contributed by atoms with Crippen LogP contribution in [0.1, 0.15) is 11.9 Å². The number of aromatic amines is 1. The SMILES string of the molecule is CNc1ccc2[nH]c(C(CN)OC)nc2n1. The fourth-order valence-corrected chi connectivity index (χ4v) is 1.52. The Balaban J connectivity index is 2.43. The van der Waals surface area contributed by atoms with Crippen molar-refractivity contribution in [3.63, 3.8) is 0 Å². The summed E-state index contributed by atoms with van der Waals surface area (Å²) >= 11 is 0. The first-order chi connectivity index (χ1) is 7.78. The third-order valence-electron chi connectivity index (χ3n) is 2.42. The highest BCUT2D eigenvalue weighted by molar-refractivity contribution is 5.72. The number of rotatable bonds is 4. The molecular weight excluding hydrogens is 206 g/mol. The predicted octanol–water partition coefficient (Wildman–Crippen LogP) is 0.646. The molecule has 2 aromatic heterocycles. The number of H-pyrrole nitrogens is 1. The predicted molar refractivity (Wildman–Crippen MR) is 62.2 cm³/mol. The molecule has 0 fully saturated rings. The van der Waals surface area contributed by atoms with Crippen LogP contribution in [-0.2, 0) is 4.74 Å². The third kappa shape index (κ3) is 1.84. The van der Waals surface area contributed by atoms with Gasteiger partial charge in [0.2, 0.25) is 0 Å². The maximum absolute atomic E-state index is 5.58. The van der Waals surface area contributed by atoms with Gasteiger partial charge in [-0.3, -0.25) is 0 Å². The van der Waals surface area contributed by atoms with Crippen molar-refractivity contribution in [2.24, 2.45) is 5.73 Å². The number of nitrogens with zero attached hydrogens (tertiary/aromatic N) is 2. The van der Waals surface area contributed by atoms with Gasteiger partial charge in [0.1, 0.15) is 17.7 Å². The molecule has 86 valence electrons. The number of anilines is 1. The van der Waals surface area contributed by atoms with Gasteiger partial charge in [-0.05, 0) is 12.1 Å². The van der Waals surface area contributed by atoms with Crippen LogP contribution in [-0.4, -0.2) is 35.7 Å². The van der Waals surface area contributed by atoms with E-state index in [9.17, 15) is 0 Å². The molecule has 2 aromatic rings. The summed E-state index contributed by atoms with van der Waals surface area (Å²) in [5.74, 6) is 1.49. The summed E-state index contributed by atoms with van der Waals surface area (Å²) in [4.78, 5) is 11.8. The number of fused-ring (bicyclic) bond motifs is 1. The fourth-order valence-electron chi connectivity index (χ4n) is 1.52. The van der Waals surface area contributed by atoms with E-state index in [1.54, 1.807) is 7.11 Å². The van der Waals surface area contributed by atoms with E-state index in [4.69, 9.17) is 10.5 Å². The molecule has 6 nitrogen and oxygen atoms in total. The van der Waals surface area contributed by atoms with Gasteiger partial charge in [0, 0.05) is 20.7 Å². The van der Waals surface area contributed by atoms with E-state index in [0.29, 0.717) is 18.0 Å². The molecule has 0 aliphatic heterocycles. The molecule has 0 amide bonds. The van der Waals surface area contributed by atoms with Crippen LogP contribution in [0.25, 0.3) is 11.2 Å². The van der Waals surface area contributed by atoms with E-state index < -0.39 is 0 Å². The molecule has 1 unspecified atom stereocenters. The average Bonchev–Trinajstić information content (AvgIpc) is 2.72. The van der Waals surface area contributed by atoms with Gasteiger partial charge in [-0.2, -0.15) is 0 Å². The van der Waals surface area contributed by atoms with Crippen molar-refractivity contribution in [1.82, 2.24) is 15.0 Å². The summed E-state index contributed by atoms with van der Waals surface area (Å²) in [7, 11) is 3.43. The van der Waals surface area contributed by atoms with Crippen molar-refractivity contribution in [3.8, 4) is 0 Å². The van der Waals surface area contributed by atoms with Gasteiger partial charge in [-0.1, -0.05) is 0 Å². The van der Waals surface area contributed by atoms with Crippen molar-refractivity contribution in [2.75, 3.05) is 26.0 Å². The lowest BCUT2D eigenvalue weighted by Gasteiger charge is -2.08. The molecule has 0 saturated heterocycles. The summed E-state index contributed by atoms with van der Waals surface area (Å²) in [6.07, 6.45) is -0.216. The van der Waals surface area contributed by atoms with Crippen LogP contribution >= 0.6 is 0 Å². The van der Waals surface area contributed by atoms with Gasteiger partial charge in [0.15, 0.2) is 5.65 Å². The van der Waals surface area contributed by atoms with E-state index in [1.807, 2.05) is 19.2 Å². The minimum absolute atomic E-state index is 0.216. The molecule has 0 spiro atoms. The number of aromatic nitrogens is 3.